The van der Waals surface area contributed by atoms with Crippen molar-refractivity contribution in [1.82, 2.24) is 9.29 Å². The van der Waals surface area contributed by atoms with E-state index in [2.05, 4.69) is 26.2 Å². The average Bonchev–Trinajstić information content (AvgIpc) is 2.64. The number of hydrogen-bond acceptors (Lipinski definition) is 6. The van der Waals surface area contributed by atoms with Gasteiger partial charge in [0, 0.05) is 23.8 Å². The molecule has 1 aromatic carbocycles. The molecule has 2 aromatic rings. The lowest BCUT2D eigenvalue weighted by Crippen LogP contribution is -2.51. The first-order valence-corrected chi connectivity index (χ1v) is 10.2. The van der Waals surface area contributed by atoms with E-state index in [9.17, 15) is 13.5 Å². The molecule has 0 amide bonds. The van der Waals surface area contributed by atoms with Crippen molar-refractivity contribution in [2.75, 3.05) is 18.4 Å². The topological polar surface area (TPSA) is 106 Å². The number of piperidine rings is 1. The number of pyridine rings is 1. The van der Waals surface area contributed by atoms with Gasteiger partial charge in [0.15, 0.2) is 0 Å². The molecule has 1 aromatic heterocycles. The minimum Gasteiger partial charge on any atom is -0.390 e. The van der Waals surface area contributed by atoms with Crippen molar-refractivity contribution in [2.45, 2.75) is 23.5 Å². The SMILES string of the molecule is N#Cc1ccc(N[C@@H]2CCN(S(=O)(=O)c3ccc(Br)cc3)C[C@@H]2O)nc1. The number of benzene rings is 1. The summed E-state index contributed by atoms with van der Waals surface area (Å²) in [5.41, 5.74) is 0.450. The maximum Gasteiger partial charge on any atom is 0.243 e. The lowest BCUT2D eigenvalue weighted by molar-refractivity contribution is 0.0949. The highest BCUT2D eigenvalue weighted by molar-refractivity contribution is 9.10. The van der Waals surface area contributed by atoms with E-state index < -0.39 is 16.1 Å². The highest BCUT2D eigenvalue weighted by atomic mass is 79.9. The summed E-state index contributed by atoms with van der Waals surface area (Å²) in [6.45, 7) is 0.301. The average molecular weight is 437 g/mol. The van der Waals surface area contributed by atoms with Crippen molar-refractivity contribution in [1.29, 1.82) is 5.26 Å². The fourth-order valence-electron chi connectivity index (χ4n) is 2.78. The predicted molar refractivity (Wildman–Crippen MR) is 99.9 cm³/mol. The van der Waals surface area contributed by atoms with Crippen molar-refractivity contribution in [3.63, 3.8) is 0 Å². The second kappa shape index (κ2) is 7.72. The molecule has 7 nitrogen and oxygen atoms in total. The van der Waals surface area contributed by atoms with Crippen molar-refractivity contribution in [3.8, 4) is 6.07 Å². The Morgan fingerprint density at radius 3 is 2.58 bits per heavy atom. The van der Waals surface area contributed by atoms with Gasteiger partial charge in [-0.25, -0.2) is 13.4 Å². The molecule has 1 aliphatic rings. The second-order valence-electron chi connectivity index (χ2n) is 5.97. The molecule has 3 rings (SSSR count). The van der Waals surface area contributed by atoms with Gasteiger partial charge in [0.05, 0.1) is 22.6 Å². The maximum atomic E-state index is 12.7. The molecule has 9 heteroatoms. The molecule has 0 unspecified atom stereocenters. The first-order valence-electron chi connectivity index (χ1n) is 7.96. The number of β-amino-alcohol motifs (C(OH)–C–C–N with tert-alkyl or cyclic N) is 1. The molecule has 2 heterocycles. The van der Waals surface area contributed by atoms with E-state index in [-0.39, 0.29) is 17.5 Å². The third kappa shape index (κ3) is 4.04. The number of anilines is 1. The number of halogens is 1. The van der Waals surface area contributed by atoms with Gasteiger partial charge in [0.1, 0.15) is 11.9 Å². The van der Waals surface area contributed by atoms with Crippen LogP contribution in [0.4, 0.5) is 5.82 Å². The second-order valence-corrected chi connectivity index (χ2v) is 8.82. The van der Waals surface area contributed by atoms with Gasteiger partial charge in [0.25, 0.3) is 0 Å². The minimum absolute atomic E-state index is 0.00629. The molecule has 0 radical (unpaired) electrons. The zero-order valence-corrected chi connectivity index (χ0v) is 16.1. The lowest BCUT2D eigenvalue weighted by Gasteiger charge is -2.35. The summed E-state index contributed by atoms with van der Waals surface area (Å²) in [6.07, 6.45) is 1.02. The van der Waals surface area contributed by atoms with Gasteiger partial charge in [0.2, 0.25) is 10.0 Å². The van der Waals surface area contributed by atoms with E-state index in [4.69, 9.17) is 5.26 Å². The van der Waals surface area contributed by atoms with Crippen LogP contribution >= 0.6 is 15.9 Å². The third-order valence-electron chi connectivity index (χ3n) is 4.22. The zero-order chi connectivity index (χ0) is 18.7. The van der Waals surface area contributed by atoms with Gasteiger partial charge in [-0.2, -0.15) is 9.57 Å². The maximum absolute atomic E-state index is 12.7. The Labute approximate surface area is 160 Å². The van der Waals surface area contributed by atoms with Gasteiger partial charge in [-0.3, -0.25) is 0 Å². The first kappa shape index (κ1) is 18.8. The van der Waals surface area contributed by atoms with Crippen LogP contribution in [-0.2, 0) is 10.0 Å². The number of nitriles is 1. The molecule has 2 atom stereocenters. The molecule has 0 saturated carbocycles. The predicted octanol–water partition coefficient (Wildman–Crippen LogP) is 1.95. The number of aliphatic hydroxyl groups is 1. The number of hydrogen-bond donors (Lipinski definition) is 2. The smallest absolute Gasteiger partial charge is 0.243 e. The van der Waals surface area contributed by atoms with Crippen LogP contribution < -0.4 is 5.32 Å². The molecular weight excluding hydrogens is 420 g/mol. The summed E-state index contributed by atoms with van der Waals surface area (Å²) in [7, 11) is -3.64. The number of aromatic nitrogens is 1. The van der Waals surface area contributed by atoms with Gasteiger partial charge in [-0.1, -0.05) is 15.9 Å². The van der Waals surface area contributed by atoms with Gasteiger partial charge >= 0.3 is 0 Å². The Balaban J connectivity index is 1.67. The quantitative estimate of drug-likeness (QED) is 0.758. The lowest BCUT2D eigenvalue weighted by atomic mass is 10.0. The third-order valence-corrected chi connectivity index (χ3v) is 6.63. The highest BCUT2D eigenvalue weighted by Crippen LogP contribution is 2.24. The summed E-state index contributed by atoms with van der Waals surface area (Å²) in [6, 6.07) is 11.4. The highest BCUT2D eigenvalue weighted by Gasteiger charge is 2.34. The van der Waals surface area contributed by atoms with E-state index in [0.29, 0.717) is 24.3 Å². The molecule has 0 spiro atoms. The molecule has 26 heavy (non-hydrogen) atoms. The monoisotopic (exact) mass is 436 g/mol. The molecule has 1 saturated heterocycles. The Morgan fingerprint density at radius 1 is 1.27 bits per heavy atom. The van der Waals surface area contributed by atoms with Crippen LogP contribution in [0.25, 0.3) is 0 Å². The van der Waals surface area contributed by atoms with Crippen LogP contribution in [0.2, 0.25) is 0 Å². The van der Waals surface area contributed by atoms with E-state index in [1.807, 2.05) is 6.07 Å². The van der Waals surface area contributed by atoms with Gasteiger partial charge in [-0.15, -0.1) is 0 Å². The number of nitrogens with zero attached hydrogens (tertiary/aromatic N) is 3. The van der Waals surface area contributed by atoms with Crippen molar-refractivity contribution < 1.29 is 13.5 Å². The summed E-state index contributed by atoms with van der Waals surface area (Å²) < 4.78 is 27.5. The molecule has 0 bridgehead atoms. The number of sulfonamides is 1. The first-order chi connectivity index (χ1) is 12.4. The Bertz CT molecular complexity index is 911. The van der Waals surface area contributed by atoms with Gasteiger partial charge in [-0.05, 0) is 42.8 Å². The minimum atomic E-state index is -3.64. The molecule has 1 fully saturated rings. The fraction of sp³-hybridized carbons (Fsp3) is 0.294. The van der Waals surface area contributed by atoms with E-state index in [1.54, 1.807) is 24.3 Å². The van der Waals surface area contributed by atoms with Gasteiger partial charge < -0.3 is 10.4 Å². The van der Waals surface area contributed by atoms with Crippen LogP contribution in [0.3, 0.4) is 0 Å². The van der Waals surface area contributed by atoms with Crippen LogP contribution in [-0.4, -0.2) is 48.0 Å². The zero-order valence-electron chi connectivity index (χ0n) is 13.7. The standard InChI is InChI=1S/C17H17BrN4O3S/c18-13-2-4-14(5-3-13)26(24,25)22-8-7-15(16(23)11-22)21-17-6-1-12(9-19)10-20-17/h1-6,10,15-16,23H,7-8,11H2,(H,20,21)/t15-,16+/m1/s1. The fourth-order valence-corrected chi connectivity index (χ4v) is 4.52. The Hall–Kier alpha value is -1.99. The number of rotatable bonds is 4. The van der Waals surface area contributed by atoms with Crippen LogP contribution in [0.1, 0.15) is 12.0 Å². The largest absolute Gasteiger partial charge is 0.390 e. The van der Waals surface area contributed by atoms with Crippen molar-refractivity contribution in [2.24, 2.45) is 0 Å². The van der Waals surface area contributed by atoms with E-state index in [1.165, 1.54) is 22.6 Å². The molecule has 136 valence electrons. The van der Waals surface area contributed by atoms with Crippen LogP contribution in [0.15, 0.2) is 52.0 Å². The summed E-state index contributed by atoms with van der Waals surface area (Å²) >= 11 is 3.29. The summed E-state index contributed by atoms with van der Waals surface area (Å²) in [4.78, 5) is 4.32. The van der Waals surface area contributed by atoms with Crippen molar-refractivity contribution in [3.05, 3.63) is 52.6 Å². The van der Waals surface area contributed by atoms with Crippen molar-refractivity contribution >= 4 is 31.8 Å². The van der Waals surface area contributed by atoms with Crippen LogP contribution in [0, 0.1) is 11.3 Å². The van der Waals surface area contributed by atoms with Crippen LogP contribution in [0.5, 0.6) is 0 Å². The van der Waals surface area contributed by atoms with E-state index in [0.717, 1.165) is 4.47 Å². The molecule has 1 aliphatic heterocycles. The summed E-state index contributed by atoms with van der Waals surface area (Å²) in [5.74, 6) is 0.539. The van der Waals surface area contributed by atoms with E-state index >= 15 is 0 Å². The number of aliphatic hydroxyl groups excluding tert-OH is 1. The number of nitrogens with one attached hydrogen (secondary N) is 1. The Morgan fingerprint density at radius 2 is 2.00 bits per heavy atom. The Kier molecular flexibility index (Phi) is 5.58. The summed E-state index contributed by atoms with van der Waals surface area (Å²) in [5, 5.41) is 22.3. The molecular formula is C17H17BrN4O3S. The molecule has 0 aliphatic carbocycles. The molecule has 2 N–H and O–H groups in total. The normalized spacial score (nSPS) is 21.1.